The van der Waals surface area contributed by atoms with Crippen LogP contribution in [0, 0.1) is 29.6 Å². The molecule has 0 bridgehead atoms. The van der Waals surface area contributed by atoms with Gasteiger partial charge in [0.05, 0.1) is 6.10 Å². The Morgan fingerprint density at radius 2 is 2.00 bits per heavy atom. The fourth-order valence-electron chi connectivity index (χ4n) is 3.01. The number of unbranched alkanes of at least 4 members (excludes halogenated alkanes) is 4. The van der Waals surface area contributed by atoms with Gasteiger partial charge in [0.25, 0.3) is 0 Å². The van der Waals surface area contributed by atoms with Gasteiger partial charge in [-0.15, -0.1) is 5.92 Å². The van der Waals surface area contributed by atoms with Crippen molar-refractivity contribution in [3.63, 3.8) is 0 Å². The average molecular weight is 250 g/mol. The highest BCUT2D eigenvalue weighted by Gasteiger charge is 2.52. The Bertz CT molecular complexity index is 352. The Hall–Kier alpha value is -0.850. The van der Waals surface area contributed by atoms with Crippen LogP contribution in [0.25, 0.3) is 0 Å². The SMILES string of the molecule is O=C1CC2C1C[C@@H](C#CCCCCCCO)C2O. The minimum absolute atomic E-state index is 0.0175. The first-order chi connectivity index (χ1) is 8.74. The molecule has 3 heteroatoms. The standard InChI is InChI=1S/C15H22O3/c16-8-6-4-2-1-3-5-7-11-9-12-13(15(11)18)10-14(12)17/h11-13,15-16,18H,1-4,6,8-10H2/t11-,12?,13?,15?/m1/s1. The topological polar surface area (TPSA) is 57.5 Å². The first kappa shape index (κ1) is 13.6. The molecule has 18 heavy (non-hydrogen) atoms. The summed E-state index contributed by atoms with van der Waals surface area (Å²) in [6.45, 7) is 0.275. The second kappa shape index (κ2) is 6.36. The van der Waals surface area contributed by atoms with Crippen LogP contribution in [-0.2, 0) is 4.79 Å². The van der Waals surface area contributed by atoms with Crippen LogP contribution in [0.4, 0.5) is 0 Å². The molecule has 3 nitrogen and oxygen atoms in total. The molecule has 4 atom stereocenters. The lowest BCUT2D eigenvalue weighted by Crippen LogP contribution is -2.38. The number of rotatable bonds is 5. The third-order valence-electron chi connectivity index (χ3n) is 4.22. The van der Waals surface area contributed by atoms with Crippen LogP contribution in [0.3, 0.4) is 0 Å². The molecule has 0 aromatic rings. The van der Waals surface area contributed by atoms with E-state index in [1.807, 2.05) is 0 Å². The van der Waals surface area contributed by atoms with Crippen molar-refractivity contribution in [2.45, 2.75) is 51.0 Å². The maximum atomic E-state index is 11.3. The van der Waals surface area contributed by atoms with Crippen LogP contribution in [0.5, 0.6) is 0 Å². The molecule has 2 saturated carbocycles. The molecule has 100 valence electrons. The average Bonchev–Trinajstić information content (AvgIpc) is 2.61. The van der Waals surface area contributed by atoms with Gasteiger partial charge in [0, 0.05) is 37.2 Å². The first-order valence-electron chi connectivity index (χ1n) is 7.04. The van der Waals surface area contributed by atoms with Gasteiger partial charge in [0.2, 0.25) is 0 Å². The number of hydrogen-bond acceptors (Lipinski definition) is 3. The van der Waals surface area contributed by atoms with Crippen molar-refractivity contribution < 1.29 is 15.0 Å². The molecule has 2 rings (SSSR count). The quantitative estimate of drug-likeness (QED) is 0.574. The van der Waals surface area contributed by atoms with Gasteiger partial charge < -0.3 is 10.2 Å². The van der Waals surface area contributed by atoms with Crippen LogP contribution >= 0.6 is 0 Å². The van der Waals surface area contributed by atoms with E-state index < -0.39 is 0 Å². The molecule has 2 aliphatic carbocycles. The first-order valence-corrected chi connectivity index (χ1v) is 7.04. The summed E-state index contributed by atoms with van der Waals surface area (Å²) in [5, 5.41) is 18.6. The molecular weight excluding hydrogens is 228 g/mol. The summed E-state index contributed by atoms with van der Waals surface area (Å²) in [5.74, 6) is 6.90. The van der Waals surface area contributed by atoms with E-state index in [9.17, 15) is 9.90 Å². The van der Waals surface area contributed by atoms with E-state index in [-0.39, 0.29) is 30.5 Å². The Morgan fingerprint density at radius 3 is 2.67 bits per heavy atom. The number of aliphatic hydroxyl groups excluding tert-OH is 2. The van der Waals surface area contributed by atoms with Crippen molar-refractivity contribution in [3.8, 4) is 11.8 Å². The molecule has 2 aliphatic rings. The zero-order valence-corrected chi connectivity index (χ0v) is 10.8. The second-order valence-corrected chi connectivity index (χ2v) is 5.48. The molecule has 0 aromatic carbocycles. The lowest BCUT2D eigenvalue weighted by Gasteiger charge is -2.29. The van der Waals surface area contributed by atoms with E-state index >= 15 is 0 Å². The van der Waals surface area contributed by atoms with Crippen LogP contribution in [0.2, 0.25) is 0 Å². The maximum Gasteiger partial charge on any atom is 0.136 e. The number of Topliss-reactive ketones (excluding diaryl/α,β-unsaturated/α-hetero) is 1. The molecule has 0 spiro atoms. The van der Waals surface area contributed by atoms with Crippen LogP contribution < -0.4 is 0 Å². The lowest BCUT2D eigenvalue weighted by atomic mass is 9.74. The number of fused-ring (bicyclic) bond motifs is 1. The maximum absolute atomic E-state index is 11.3. The van der Waals surface area contributed by atoms with Gasteiger partial charge >= 0.3 is 0 Å². The highest BCUT2D eigenvalue weighted by atomic mass is 16.3. The molecule has 0 radical (unpaired) electrons. The predicted molar refractivity (Wildman–Crippen MR) is 68.7 cm³/mol. The Kier molecular flexibility index (Phi) is 4.79. The van der Waals surface area contributed by atoms with Crippen molar-refractivity contribution in [3.05, 3.63) is 0 Å². The van der Waals surface area contributed by atoms with E-state index in [1.54, 1.807) is 0 Å². The summed E-state index contributed by atoms with van der Waals surface area (Å²) >= 11 is 0. The summed E-state index contributed by atoms with van der Waals surface area (Å²) in [4.78, 5) is 11.3. The van der Waals surface area contributed by atoms with Gasteiger partial charge in [-0.3, -0.25) is 4.79 Å². The van der Waals surface area contributed by atoms with E-state index in [1.165, 1.54) is 0 Å². The fraction of sp³-hybridized carbons (Fsp3) is 0.800. The predicted octanol–water partition coefficient (Wildman–Crippen LogP) is 1.52. The minimum atomic E-state index is -0.380. The molecule has 0 amide bonds. The summed E-state index contributed by atoms with van der Waals surface area (Å²) in [6, 6.07) is 0. The highest BCUT2D eigenvalue weighted by molar-refractivity contribution is 5.88. The van der Waals surface area contributed by atoms with Crippen LogP contribution in [-0.4, -0.2) is 28.7 Å². The number of hydrogen-bond donors (Lipinski definition) is 2. The van der Waals surface area contributed by atoms with E-state index in [0.717, 1.165) is 38.5 Å². The number of ketones is 1. The van der Waals surface area contributed by atoms with Crippen LogP contribution in [0.1, 0.15) is 44.9 Å². The Labute approximate surface area is 109 Å². The van der Waals surface area contributed by atoms with Gasteiger partial charge in [0.1, 0.15) is 5.78 Å². The zero-order valence-electron chi connectivity index (χ0n) is 10.8. The zero-order chi connectivity index (χ0) is 13.0. The summed E-state index contributed by atoms with van der Waals surface area (Å²) < 4.78 is 0. The number of aliphatic hydroxyl groups is 2. The van der Waals surface area contributed by atoms with Gasteiger partial charge in [-0.1, -0.05) is 18.8 Å². The normalized spacial score (nSPS) is 33.6. The Balaban J connectivity index is 1.66. The van der Waals surface area contributed by atoms with Crippen molar-refractivity contribution >= 4 is 5.78 Å². The molecule has 0 aromatic heterocycles. The molecule has 0 aliphatic heterocycles. The Morgan fingerprint density at radius 1 is 1.22 bits per heavy atom. The highest BCUT2D eigenvalue weighted by Crippen LogP contribution is 2.47. The van der Waals surface area contributed by atoms with Gasteiger partial charge in [0.15, 0.2) is 0 Å². The van der Waals surface area contributed by atoms with Gasteiger partial charge in [-0.25, -0.2) is 0 Å². The molecular formula is C15H22O3. The molecule has 0 heterocycles. The van der Waals surface area contributed by atoms with E-state index in [0.29, 0.717) is 12.2 Å². The second-order valence-electron chi connectivity index (χ2n) is 5.48. The van der Waals surface area contributed by atoms with E-state index in [4.69, 9.17) is 5.11 Å². The third-order valence-corrected chi connectivity index (χ3v) is 4.22. The minimum Gasteiger partial charge on any atom is -0.396 e. The molecule has 2 N–H and O–H groups in total. The van der Waals surface area contributed by atoms with Crippen LogP contribution in [0.15, 0.2) is 0 Å². The summed E-state index contributed by atoms with van der Waals surface area (Å²) in [6.07, 6.45) is 5.90. The van der Waals surface area contributed by atoms with Gasteiger partial charge in [-0.2, -0.15) is 0 Å². The van der Waals surface area contributed by atoms with E-state index in [2.05, 4.69) is 11.8 Å². The molecule has 3 unspecified atom stereocenters. The number of carbonyl (C=O) groups excluding carboxylic acids is 1. The van der Waals surface area contributed by atoms with Crippen molar-refractivity contribution in [2.24, 2.45) is 17.8 Å². The van der Waals surface area contributed by atoms with Crippen molar-refractivity contribution in [1.82, 2.24) is 0 Å². The largest absolute Gasteiger partial charge is 0.396 e. The molecule has 2 fully saturated rings. The van der Waals surface area contributed by atoms with Crippen molar-refractivity contribution in [1.29, 1.82) is 0 Å². The van der Waals surface area contributed by atoms with Crippen molar-refractivity contribution in [2.75, 3.05) is 6.61 Å². The summed E-state index contributed by atoms with van der Waals surface area (Å²) in [5.41, 5.74) is 0. The monoisotopic (exact) mass is 250 g/mol. The lowest BCUT2D eigenvalue weighted by molar-refractivity contribution is -0.135. The number of carbonyl (C=O) groups is 1. The van der Waals surface area contributed by atoms with Gasteiger partial charge in [-0.05, 0) is 19.3 Å². The third kappa shape index (κ3) is 2.93. The smallest absolute Gasteiger partial charge is 0.136 e. The fourth-order valence-corrected chi connectivity index (χ4v) is 3.01. The summed E-state index contributed by atoms with van der Waals surface area (Å²) in [7, 11) is 0. The molecule has 0 saturated heterocycles.